The second-order valence-corrected chi connectivity index (χ2v) is 4.21. The number of aromatic nitrogens is 1. The van der Waals surface area contributed by atoms with Gasteiger partial charge in [-0.25, -0.2) is 0 Å². The van der Waals surface area contributed by atoms with Gasteiger partial charge in [0.2, 0.25) is 0 Å². The minimum absolute atomic E-state index is 0.103. The van der Waals surface area contributed by atoms with Gasteiger partial charge in [0.15, 0.2) is 11.4 Å². The molecule has 0 bridgehead atoms. The van der Waals surface area contributed by atoms with Crippen molar-refractivity contribution in [2.45, 2.75) is 13.8 Å². The summed E-state index contributed by atoms with van der Waals surface area (Å²) in [4.78, 5) is 12.2. The van der Waals surface area contributed by atoms with E-state index in [-0.39, 0.29) is 6.54 Å². The van der Waals surface area contributed by atoms with Gasteiger partial charge in [-0.15, -0.1) is 0 Å². The molecule has 5 heteroatoms. The smallest absolute Gasteiger partial charge is 0.323 e. The highest BCUT2D eigenvalue weighted by molar-refractivity contribution is 5.92. The number of carboxylic acid groups (broad SMARTS) is 1. The third kappa shape index (κ3) is 2.08. The fourth-order valence-electron chi connectivity index (χ4n) is 1.93. The third-order valence-electron chi connectivity index (χ3n) is 2.62. The Morgan fingerprint density at radius 1 is 1.47 bits per heavy atom. The second kappa shape index (κ2) is 4.08. The summed E-state index contributed by atoms with van der Waals surface area (Å²) in [5.74, 6) is -0.331. The molecule has 1 heterocycles. The van der Waals surface area contributed by atoms with E-state index in [1.807, 2.05) is 26.0 Å². The van der Waals surface area contributed by atoms with Crippen LogP contribution >= 0.6 is 0 Å². The van der Waals surface area contributed by atoms with E-state index in [1.165, 1.54) is 0 Å². The Hall–Kier alpha value is -2.04. The number of likely N-dealkylation sites (N-methyl/N-ethyl adjacent to an activating group) is 1. The van der Waals surface area contributed by atoms with Crippen LogP contribution in [0.5, 0.6) is 0 Å². The van der Waals surface area contributed by atoms with Crippen LogP contribution in [0.25, 0.3) is 11.0 Å². The Morgan fingerprint density at radius 3 is 2.82 bits per heavy atom. The predicted molar refractivity (Wildman–Crippen MR) is 64.4 cm³/mol. The lowest BCUT2D eigenvalue weighted by atomic mass is 10.1. The largest absolute Gasteiger partial charge is 0.480 e. The molecule has 90 valence electrons. The number of nitrogens with zero attached hydrogens (tertiary/aromatic N) is 2. The highest BCUT2D eigenvalue weighted by atomic mass is 16.5. The normalized spacial score (nSPS) is 10.8. The molecule has 1 aromatic heterocycles. The molecular formula is C12H14N2O3. The summed E-state index contributed by atoms with van der Waals surface area (Å²) in [7, 11) is 1.68. The molecule has 1 aromatic carbocycles. The van der Waals surface area contributed by atoms with Crippen LogP contribution in [0.3, 0.4) is 0 Å². The van der Waals surface area contributed by atoms with Crippen molar-refractivity contribution < 1.29 is 14.4 Å². The van der Waals surface area contributed by atoms with Gasteiger partial charge in [0.1, 0.15) is 6.54 Å². The molecule has 17 heavy (non-hydrogen) atoms. The van der Waals surface area contributed by atoms with Crippen molar-refractivity contribution in [1.82, 2.24) is 5.16 Å². The zero-order valence-electron chi connectivity index (χ0n) is 10.0. The topological polar surface area (TPSA) is 66.6 Å². The van der Waals surface area contributed by atoms with E-state index in [9.17, 15) is 4.79 Å². The number of fused-ring (bicyclic) bond motifs is 1. The highest BCUT2D eigenvalue weighted by Gasteiger charge is 2.16. The quantitative estimate of drug-likeness (QED) is 0.879. The number of rotatable bonds is 3. The molecule has 0 aliphatic heterocycles. The first kappa shape index (κ1) is 11.4. The van der Waals surface area contributed by atoms with E-state index in [0.29, 0.717) is 11.4 Å². The first-order chi connectivity index (χ1) is 7.99. The standard InChI is InChI=1S/C12H14N2O3/c1-7-4-8(2)11-9(5-7)12(13-17-11)14(3)6-10(15)16/h4-5H,6H2,1-3H3,(H,15,16). The zero-order valence-corrected chi connectivity index (χ0v) is 10.0. The van der Waals surface area contributed by atoms with E-state index < -0.39 is 5.97 Å². The Bertz CT molecular complexity index is 574. The number of hydrogen-bond acceptors (Lipinski definition) is 4. The summed E-state index contributed by atoms with van der Waals surface area (Å²) in [6, 6.07) is 3.96. The van der Waals surface area contributed by atoms with Crippen LogP contribution in [0.1, 0.15) is 11.1 Å². The molecule has 2 aromatic rings. The molecular weight excluding hydrogens is 220 g/mol. The van der Waals surface area contributed by atoms with Gasteiger partial charge in [-0.05, 0) is 31.0 Å². The molecule has 0 spiro atoms. The number of aliphatic carboxylic acids is 1. The molecule has 0 atom stereocenters. The summed E-state index contributed by atoms with van der Waals surface area (Å²) in [6.45, 7) is 3.83. The number of hydrogen-bond donors (Lipinski definition) is 1. The van der Waals surface area contributed by atoms with Gasteiger partial charge >= 0.3 is 5.97 Å². The van der Waals surface area contributed by atoms with Crippen molar-refractivity contribution >= 4 is 22.8 Å². The summed E-state index contributed by atoms with van der Waals surface area (Å²) >= 11 is 0. The number of aryl methyl sites for hydroxylation is 2. The summed E-state index contributed by atoms with van der Waals surface area (Å²) in [5, 5.41) is 13.6. The fourth-order valence-corrected chi connectivity index (χ4v) is 1.93. The van der Waals surface area contributed by atoms with Crippen molar-refractivity contribution in [2.24, 2.45) is 0 Å². The molecule has 1 N–H and O–H groups in total. The third-order valence-corrected chi connectivity index (χ3v) is 2.62. The number of carboxylic acids is 1. The van der Waals surface area contributed by atoms with Gasteiger partial charge in [-0.3, -0.25) is 4.79 Å². The molecule has 0 radical (unpaired) electrons. The maximum Gasteiger partial charge on any atom is 0.323 e. The summed E-state index contributed by atoms with van der Waals surface area (Å²) < 4.78 is 5.25. The fraction of sp³-hybridized carbons (Fsp3) is 0.333. The maximum absolute atomic E-state index is 10.7. The summed E-state index contributed by atoms with van der Waals surface area (Å²) in [6.07, 6.45) is 0. The molecule has 0 saturated carbocycles. The SMILES string of the molecule is Cc1cc(C)c2onc(N(C)CC(=O)O)c2c1. The van der Waals surface area contributed by atoms with E-state index in [1.54, 1.807) is 11.9 Å². The van der Waals surface area contributed by atoms with E-state index in [0.717, 1.165) is 16.5 Å². The molecule has 0 saturated heterocycles. The van der Waals surface area contributed by atoms with Crippen LogP contribution in [0.2, 0.25) is 0 Å². The first-order valence-corrected chi connectivity index (χ1v) is 5.28. The monoisotopic (exact) mass is 234 g/mol. The van der Waals surface area contributed by atoms with E-state index in [4.69, 9.17) is 9.63 Å². The van der Waals surface area contributed by atoms with Crippen molar-refractivity contribution in [3.63, 3.8) is 0 Å². The van der Waals surface area contributed by atoms with E-state index >= 15 is 0 Å². The molecule has 0 fully saturated rings. The average molecular weight is 234 g/mol. The minimum atomic E-state index is -0.895. The lowest BCUT2D eigenvalue weighted by Gasteiger charge is -2.12. The minimum Gasteiger partial charge on any atom is -0.480 e. The maximum atomic E-state index is 10.7. The van der Waals surface area contributed by atoms with Gasteiger partial charge in [-0.1, -0.05) is 11.2 Å². The van der Waals surface area contributed by atoms with Gasteiger partial charge in [0, 0.05) is 7.05 Å². The lowest BCUT2D eigenvalue weighted by Crippen LogP contribution is -2.25. The van der Waals surface area contributed by atoms with Crippen molar-refractivity contribution in [3.05, 3.63) is 23.3 Å². The van der Waals surface area contributed by atoms with Gasteiger partial charge in [0.25, 0.3) is 0 Å². The molecule has 0 amide bonds. The van der Waals surface area contributed by atoms with Crippen molar-refractivity contribution in [3.8, 4) is 0 Å². The van der Waals surface area contributed by atoms with Crippen molar-refractivity contribution in [2.75, 3.05) is 18.5 Å². The Balaban J connectivity index is 2.52. The highest BCUT2D eigenvalue weighted by Crippen LogP contribution is 2.28. The van der Waals surface area contributed by atoms with Gasteiger partial charge in [-0.2, -0.15) is 0 Å². The predicted octanol–water partition coefficient (Wildman–Crippen LogP) is 1.97. The Morgan fingerprint density at radius 2 is 2.18 bits per heavy atom. The second-order valence-electron chi connectivity index (χ2n) is 4.21. The first-order valence-electron chi connectivity index (χ1n) is 5.28. The molecule has 0 unspecified atom stereocenters. The lowest BCUT2D eigenvalue weighted by molar-refractivity contribution is -0.135. The van der Waals surface area contributed by atoms with Gasteiger partial charge in [0.05, 0.1) is 5.39 Å². The number of anilines is 1. The zero-order chi connectivity index (χ0) is 12.6. The van der Waals surface area contributed by atoms with Crippen LogP contribution in [-0.2, 0) is 4.79 Å². The molecule has 2 rings (SSSR count). The number of carbonyl (C=O) groups is 1. The van der Waals surface area contributed by atoms with Crippen LogP contribution in [0.15, 0.2) is 16.7 Å². The van der Waals surface area contributed by atoms with Crippen LogP contribution in [0.4, 0.5) is 5.82 Å². The average Bonchev–Trinajstić information content (AvgIpc) is 2.59. The van der Waals surface area contributed by atoms with Crippen molar-refractivity contribution in [1.29, 1.82) is 0 Å². The Kier molecular flexibility index (Phi) is 2.75. The van der Waals surface area contributed by atoms with Crippen LogP contribution in [-0.4, -0.2) is 29.8 Å². The van der Waals surface area contributed by atoms with Crippen LogP contribution < -0.4 is 4.90 Å². The molecule has 0 aliphatic rings. The van der Waals surface area contributed by atoms with Crippen LogP contribution in [0, 0.1) is 13.8 Å². The Labute approximate surface area is 98.6 Å². The molecule has 0 aliphatic carbocycles. The van der Waals surface area contributed by atoms with Gasteiger partial charge < -0.3 is 14.5 Å². The summed E-state index contributed by atoms with van der Waals surface area (Å²) in [5.41, 5.74) is 2.81. The van der Waals surface area contributed by atoms with E-state index in [2.05, 4.69) is 5.16 Å². The molecule has 5 nitrogen and oxygen atoms in total. The number of benzene rings is 1.